The van der Waals surface area contributed by atoms with Gasteiger partial charge in [-0.15, -0.1) is 0 Å². The van der Waals surface area contributed by atoms with Crippen molar-refractivity contribution in [2.75, 3.05) is 23.7 Å². The van der Waals surface area contributed by atoms with Crippen molar-refractivity contribution in [3.8, 4) is 0 Å². The predicted molar refractivity (Wildman–Crippen MR) is 147 cm³/mol. The number of hydrogen-bond donors (Lipinski definition) is 1. The van der Waals surface area contributed by atoms with Crippen molar-refractivity contribution in [3.63, 3.8) is 0 Å². The summed E-state index contributed by atoms with van der Waals surface area (Å²) < 4.78 is 26.4. The molecule has 2 amide bonds. The Morgan fingerprint density at radius 3 is 2.28 bits per heavy atom. The molecular weight excluding hydrogens is 498 g/mol. The van der Waals surface area contributed by atoms with Crippen LogP contribution in [0.2, 0.25) is 5.02 Å². The van der Waals surface area contributed by atoms with Crippen LogP contribution in [0.25, 0.3) is 0 Å². The van der Waals surface area contributed by atoms with Crippen molar-refractivity contribution in [2.24, 2.45) is 0 Å². The number of carbonyl (C=O) groups excluding carboxylic acids is 2. The molecule has 0 fully saturated rings. The average Bonchev–Trinajstić information content (AvgIpc) is 2.79. The number of nitrogens with one attached hydrogen (secondary N) is 1. The van der Waals surface area contributed by atoms with Crippen molar-refractivity contribution in [1.29, 1.82) is 0 Å². The van der Waals surface area contributed by atoms with Gasteiger partial charge < -0.3 is 10.2 Å². The third-order valence-corrected chi connectivity index (χ3v) is 7.50. The lowest BCUT2D eigenvalue weighted by Gasteiger charge is -2.30. The zero-order valence-electron chi connectivity index (χ0n) is 21.9. The number of rotatable bonds is 13. The third-order valence-electron chi connectivity index (χ3n) is 5.94. The number of amides is 2. The van der Waals surface area contributed by atoms with Gasteiger partial charge in [0.2, 0.25) is 21.8 Å². The number of aryl methyl sites for hydroxylation is 2. The maximum absolute atomic E-state index is 13.3. The number of benzene rings is 2. The highest BCUT2D eigenvalue weighted by atomic mass is 35.5. The summed E-state index contributed by atoms with van der Waals surface area (Å²) in [5.74, 6) is -0.459. The molecule has 0 aliphatic heterocycles. The van der Waals surface area contributed by atoms with E-state index in [0.717, 1.165) is 29.5 Å². The van der Waals surface area contributed by atoms with E-state index >= 15 is 0 Å². The summed E-state index contributed by atoms with van der Waals surface area (Å²) >= 11 is 6.34. The molecule has 0 saturated heterocycles. The van der Waals surface area contributed by atoms with E-state index in [2.05, 4.69) is 5.32 Å². The normalized spacial score (nSPS) is 12.2. The fourth-order valence-corrected chi connectivity index (χ4v) is 5.17. The van der Waals surface area contributed by atoms with Gasteiger partial charge in [-0.05, 0) is 68.5 Å². The molecular formula is C27H38ClN3O4S. The standard InChI is InChI=1S/C27H38ClN3O4S/c1-6-7-14-29-27(33)22(4)30(19-23-11-8-9-12-25(23)28)26(32)13-10-15-31(36(5,34)35)24-17-20(2)16-21(3)18-24/h8-9,11-12,16-18,22H,6-7,10,13-15,19H2,1-5H3,(H,29,33)/t22-/m1/s1. The lowest BCUT2D eigenvalue weighted by Crippen LogP contribution is -2.48. The van der Waals surface area contributed by atoms with Gasteiger partial charge in [-0.2, -0.15) is 0 Å². The topological polar surface area (TPSA) is 86.8 Å². The molecule has 0 radical (unpaired) electrons. The highest BCUT2D eigenvalue weighted by Crippen LogP contribution is 2.23. The minimum Gasteiger partial charge on any atom is -0.354 e. The number of nitrogens with zero attached hydrogens (tertiary/aromatic N) is 2. The molecule has 1 N–H and O–H groups in total. The Labute approximate surface area is 220 Å². The first-order chi connectivity index (χ1) is 16.9. The van der Waals surface area contributed by atoms with Gasteiger partial charge in [0.25, 0.3) is 0 Å². The molecule has 0 aliphatic rings. The van der Waals surface area contributed by atoms with E-state index in [1.807, 2.05) is 57.2 Å². The minimum atomic E-state index is -3.54. The third kappa shape index (κ3) is 8.82. The Bertz CT molecular complexity index is 1130. The van der Waals surface area contributed by atoms with Crippen LogP contribution in [0.5, 0.6) is 0 Å². The molecule has 0 saturated carbocycles. The summed E-state index contributed by atoms with van der Waals surface area (Å²) in [5, 5.41) is 3.41. The number of hydrogen-bond acceptors (Lipinski definition) is 4. The SMILES string of the molecule is CCCCNC(=O)[C@@H](C)N(Cc1ccccc1Cl)C(=O)CCCN(c1cc(C)cc(C)c1)S(C)(=O)=O. The van der Waals surface area contributed by atoms with Gasteiger partial charge in [-0.3, -0.25) is 13.9 Å². The van der Waals surface area contributed by atoms with E-state index in [-0.39, 0.29) is 31.3 Å². The lowest BCUT2D eigenvalue weighted by molar-refractivity contribution is -0.140. The molecule has 0 heterocycles. The van der Waals surface area contributed by atoms with Crippen molar-refractivity contribution in [1.82, 2.24) is 10.2 Å². The van der Waals surface area contributed by atoms with Crippen molar-refractivity contribution < 1.29 is 18.0 Å². The second-order valence-corrected chi connectivity index (χ2v) is 11.5. The molecule has 2 rings (SSSR count). The zero-order valence-corrected chi connectivity index (χ0v) is 23.5. The highest BCUT2D eigenvalue weighted by molar-refractivity contribution is 7.92. The Balaban J connectivity index is 2.18. The van der Waals surface area contributed by atoms with Crippen LogP contribution in [0.15, 0.2) is 42.5 Å². The summed E-state index contributed by atoms with van der Waals surface area (Å²) in [4.78, 5) is 27.6. The van der Waals surface area contributed by atoms with E-state index in [0.29, 0.717) is 23.7 Å². The van der Waals surface area contributed by atoms with Crippen LogP contribution in [-0.2, 0) is 26.2 Å². The molecule has 0 bridgehead atoms. The van der Waals surface area contributed by atoms with Gasteiger partial charge in [0, 0.05) is 31.1 Å². The van der Waals surface area contributed by atoms with E-state index in [4.69, 9.17) is 11.6 Å². The van der Waals surface area contributed by atoms with E-state index in [9.17, 15) is 18.0 Å². The van der Waals surface area contributed by atoms with Gasteiger partial charge in [0.05, 0.1) is 11.9 Å². The summed E-state index contributed by atoms with van der Waals surface area (Å²) in [6, 6.07) is 12.2. The molecule has 36 heavy (non-hydrogen) atoms. The molecule has 0 spiro atoms. The average molecular weight is 536 g/mol. The Kier molecular flexibility index (Phi) is 11.2. The molecule has 7 nitrogen and oxygen atoms in total. The quantitative estimate of drug-likeness (QED) is 0.372. The zero-order chi connectivity index (χ0) is 26.9. The lowest BCUT2D eigenvalue weighted by atomic mass is 10.1. The monoisotopic (exact) mass is 535 g/mol. The van der Waals surface area contributed by atoms with Crippen LogP contribution in [0.1, 0.15) is 56.2 Å². The number of anilines is 1. The molecule has 0 aliphatic carbocycles. The second-order valence-electron chi connectivity index (χ2n) is 9.22. The molecule has 198 valence electrons. The molecule has 9 heteroatoms. The molecule has 2 aromatic rings. The van der Waals surface area contributed by atoms with Crippen LogP contribution in [0.3, 0.4) is 0 Å². The van der Waals surface area contributed by atoms with Gasteiger partial charge >= 0.3 is 0 Å². The maximum Gasteiger partial charge on any atom is 0.242 e. The van der Waals surface area contributed by atoms with Gasteiger partial charge in [-0.1, -0.05) is 49.2 Å². The van der Waals surface area contributed by atoms with Crippen molar-refractivity contribution in [2.45, 2.75) is 66.0 Å². The number of unbranched alkanes of at least 4 members (excludes halogenated alkanes) is 1. The number of carbonyl (C=O) groups is 2. The highest BCUT2D eigenvalue weighted by Gasteiger charge is 2.27. The fourth-order valence-electron chi connectivity index (χ4n) is 4.03. The summed E-state index contributed by atoms with van der Waals surface area (Å²) in [5.41, 5.74) is 3.25. The van der Waals surface area contributed by atoms with E-state index < -0.39 is 16.1 Å². The number of halogens is 1. The van der Waals surface area contributed by atoms with Crippen LogP contribution in [0.4, 0.5) is 5.69 Å². The smallest absolute Gasteiger partial charge is 0.242 e. The fraction of sp³-hybridized carbons (Fsp3) is 0.481. The first-order valence-corrected chi connectivity index (χ1v) is 14.5. The Morgan fingerprint density at radius 2 is 1.69 bits per heavy atom. The summed E-state index contributed by atoms with van der Waals surface area (Å²) in [6.07, 6.45) is 3.37. The second kappa shape index (κ2) is 13.7. The van der Waals surface area contributed by atoms with E-state index in [1.165, 1.54) is 15.5 Å². The van der Waals surface area contributed by atoms with Crippen LogP contribution >= 0.6 is 11.6 Å². The first kappa shape index (κ1) is 29.6. The largest absolute Gasteiger partial charge is 0.354 e. The van der Waals surface area contributed by atoms with Gasteiger partial charge in [0.15, 0.2) is 0 Å². The first-order valence-electron chi connectivity index (χ1n) is 12.3. The summed E-state index contributed by atoms with van der Waals surface area (Å²) in [6.45, 7) is 8.47. The van der Waals surface area contributed by atoms with Crippen LogP contribution in [0, 0.1) is 13.8 Å². The molecule has 2 aromatic carbocycles. The van der Waals surface area contributed by atoms with Crippen molar-refractivity contribution >= 4 is 39.1 Å². The Morgan fingerprint density at radius 1 is 1.06 bits per heavy atom. The maximum atomic E-state index is 13.3. The minimum absolute atomic E-state index is 0.0911. The molecule has 0 aromatic heterocycles. The predicted octanol–water partition coefficient (Wildman–Crippen LogP) is 4.84. The van der Waals surface area contributed by atoms with E-state index in [1.54, 1.807) is 13.0 Å². The Hall–Kier alpha value is -2.58. The summed E-state index contributed by atoms with van der Waals surface area (Å²) in [7, 11) is -3.54. The molecule has 1 atom stereocenters. The number of sulfonamides is 1. The van der Waals surface area contributed by atoms with Crippen molar-refractivity contribution in [3.05, 3.63) is 64.2 Å². The molecule has 0 unspecified atom stereocenters. The van der Waals surface area contributed by atoms with Crippen LogP contribution < -0.4 is 9.62 Å². The van der Waals surface area contributed by atoms with Crippen LogP contribution in [-0.4, -0.2) is 50.5 Å². The van der Waals surface area contributed by atoms with Gasteiger partial charge in [-0.25, -0.2) is 8.42 Å². The van der Waals surface area contributed by atoms with Gasteiger partial charge in [0.1, 0.15) is 6.04 Å².